The van der Waals surface area contributed by atoms with Crippen LogP contribution in [0.25, 0.3) is 0 Å². The van der Waals surface area contributed by atoms with E-state index >= 15 is 0 Å². The second-order valence-corrected chi connectivity index (χ2v) is 11.5. The predicted molar refractivity (Wildman–Crippen MR) is 147 cm³/mol. The average Bonchev–Trinajstić information content (AvgIpc) is 2.87. The number of aryl methyl sites for hydroxylation is 2. The minimum absolute atomic E-state index is 0.0156. The van der Waals surface area contributed by atoms with Gasteiger partial charge in [-0.2, -0.15) is 0 Å². The molecular formula is C30H51N3O3. The fourth-order valence-electron chi connectivity index (χ4n) is 6.53. The molecule has 3 N–H and O–H groups in total. The zero-order valence-electron chi connectivity index (χ0n) is 23.3. The van der Waals surface area contributed by atoms with Crippen molar-refractivity contribution in [2.24, 2.45) is 11.8 Å². The third kappa shape index (κ3) is 8.19. The maximum absolute atomic E-state index is 13.4. The molecule has 2 fully saturated rings. The van der Waals surface area contributed by atoms with Crippen LogP contribution in [-0.4, -0.2) is 62.5 Å². The van der Waals surface area contributed by atoms with Crippen LogP contribution >= 0.6 is 0 Å². The van der Waals surface area contributed by atoms with E-state index in [1.165, 1.54) is 43.2 Å². The van der Waals surface area contributed by atoms with Crippen LogP contribution in [0.3, 0.4) is 0 Å². The van der Waals surface area contributed by atoms with Gasteiger partial charge in [0.2, 0.25) is 0 Å². The number of hydrogen-bond donors (Lipinski definition) is 3. The minimum Gasteiger partial charge on any atom is -0.385 e. The Labute approximate surface area is 219 Å². The standard InChI is InChI=1S/C30H51N3O3/c1-23-17-24(2)19-27(18-23)30(35,14-8-9-16-36-4)26-13-10-15-33(22-26)29(34)32-28(21-31-3)20-25-11-6-5-7-12-25/h17-19,25-26,28,31,35H,5-16,20-22H2,1-4H3,(H,32,34). The van der Waals surface area contributed by atoms with E-state index in [4.69, 9.17) is 4.74 Å². The van der Waals surface area contributed by atoms with E-state index in [1.807, 2.05) is 11.9 Å². The number of amides is 2. The van der Waals surface area contributed by atoms with Gasteiger partial charge in [0, 0.05) is 45.3 Å². The highest BCUT2D eigenvalue weighted by Crippen LogP contribution is 2.40. The molecule has 1 saturated carbocycles. The lowest BCUT2D eigenvalue weighted by Gasteiger charge is -2.43. The molecule has 0 bridgehead atoms. The Kier molecular flexibility index (Phi) is 11.5. The van der Waals surface area contributed by atoms with Gasteiger partial charge in [0.05, 0.1) is 5.60 Å². The molecule has 3 unspecified atom stereocenters. The van der Waals surface area contributed by atoms with E-state index in [0.717, 1.165) is 50.8 Å². The summed E-state index contributed by atoms with van der Waals surface area (Å²) in [6.07, 6.45) is 12.0. The Bertz CT molecular complexity index is 790. The maximum atomic E-state index is 13.4. The molecular weight excluding hydrogens is 450 g/mol. The molecule has 1 saturated heterocycles. The van der Waals surface area contributed by atoms with Gasteiger partial charge in [-0.25, -0.2) is 4.79 Å². The van der Waals surface area contributed by atoms with Crippen molar-refractivity contribution in [3.8, 4) is 0 Å². The summed E-state index contributed by atoms with van der Waals surface area (Å²) in [6, 6.07) is 6.60. The zero-order valence-corrected chi connectivity index (χ0v) is 23.3. The highest BCUT2D eigenvalue weighted by atomic mass is 16.5. The highest BCUT2D eigenvalue weighted by Gasteiger charge is 2.41. The number of nitrogens with zero attached hydrogens (tertiary/aromatic N) is 1. The van der Waals surface area contributed by atoms with Crippen molar-refractivity contribution in [2.75, 3.05) is 40.4 Å². The number of carbonyl (C=O) groups is 1. The van der Waals surface area contributed by atoms with E-state index in [-0.39, 0.29) is 18.0 Å². The SMILES string of the molecule is CNCC(CC1CCCCC1)NC(=O)N1CCCC(C(O)(CCCCOC)c2cc(C)cc(C)c2)C1. The van der Waals surface area contributed by atoms with Gasteiger partial charge in [-0.05, 0) is 70.9 Å². The molecule has 0 radical (unpaired) electrons. The van der Waals surface area contributed by atoms with E-state index < -0.39 is 5.60 Å². The van der Waals surface area contributed by atoms with Crippen LogP contribution in [0.4, 0.5) is 4.79 Å². The first kappa shape index (κ1) is 28.9. The summed E-state index contributed by atoms with van der Waals surface area (Å²) in [5.74, 6) is 0.732. The summed E-state index contributed by atoms with van der Waals surface area (Å²) in [4.78, 5) is 15.4. The molecule has 6 nitrogen and oxygen atoms in total. The first-order valence-corrected chi connectivity index (χ1v) is 14.4. The van der Waals surface area contributed by atoms with Gasteiger partial charge < -0.3 is 25.4 Å². The van der Waals surface area contributed by atoms with Crippen LogP contribution in [0.2, 0.25) is 0 Å². The lowest BCUT2D eigenvalue weighted by molar-refractivity contribution is -0.0564. The number of methoxy groups -OCH3 is 1. The molecule has 3 rings (SSSR count). The van der Waals surface area contributed by atoms with E-state index in [2.05, 4.69) is 42.7 Å². The number of nitrogens with one attached hydrogen (secondary N) is 2. The number of likely N-dealkylation sites (tertiary alicyclic amines) is 1. The van der Waals surface area contributed by atoms with Crippen LogP contribution in [0.1, 0.15) is 87.3 Å². The molecule has 0 spiro atoms. The van der Waals surface area contributed by atoms with Crippen LogP contribution < -0.4 is 10.6 Å². The Morgan fingerprint density at radius 3 is 2.50 bits per heavy atom. The normalized spacial score (nSPS) is 21.7. The average molecular weight is 502 g/mol. The quantitative estimate of drug-likeness (QED) is 0.340. The van der Waals surface area contributed by atoms with Crippen molar-refractivity contribution >= 4 is 6.03 Å². The summed E-state index contributed by atoms with van der Waals surface area (Å²) in [7, 11) is 3.69. The number of rotatable bonds is 12. The lowest BCUT2D eigenvalue weighted by atomic mass is 9.73. The summed E-state index contributed by atoms with van der Waals surface area (Å²) >= 11 is 0. The van der Waals surface area contributed by atoms with Gasteiger partial charge in [0.1, 0.15) is 0 Å². The fraction of sp³-hybridized carbons (Fsp3) is 0.767. The van der Waals surface area contributed by atoms with Crippen molar-refractivity contribution in [3.63, 3.8) is 0 Å². The van der Waals surface area contributed by atoms with Crippen molar-refractivity contribution < 1.29 is 14.6 Å². The number of ether oxygens (including phenoxy) is 1. The van der Waals surface area contributed by atoms with Crippen LogP contribution in [0, 0.1) is 25.7 Å². The molecule has 204 valence electrons. The molecule has 1 aliphatic carbocycles. The number of carbonyl (C=O) groups excluding carboxylic acids is 1. The summed E-state index contributed by atoms with van der Waals surface area (Å²) in [5.41, 5.74) is 2.39. The summed E-state index contributed by atoms with van der Waals surface area (Å²) < 4.78 is 5.26. The van der Waals surface area contributed by atoms with Crippen LogP contribution in [-0.2, 0) is 10.3 Å². The van der Waals surface area contributed by atoms with Crippen molar-refractivity contribution in [3.05, 3.63) is 34.9 Å². The number of likely N-dealkylation sites (N-methyl/N-ethyl adjacent to an activating group) is 1. The van der Waals surface area contributed by atoms with E-state index in [1.54, 1.807) is 7.11 Å². The third-order valence-corrected chi connectivity index (χ3v) is 8.38. The Morgan fingerprint density at radius 1 is 1.11 bits per heavy atom. The Hall–Kier alpha value is -1.63. The molecule has 6 heteroatoms. The molecule has 1 aromatic rings. The second-order valence-electron chi connectivity index (χ2n) is 11.5. The first-order chi connectivity index (χ1) is 17.4. The predicted octanol–water partition coefficient (Wildman–Crippen LogP) is 5.29. The Morgan fingerprint density at radius 2 is 1.83 bits per heavy atom. The fourth-order valence-corrected chi connectivity index (χ4v) is 6.53. The highest BCUT2D eigenvalue weighted by molar-refractivity contribution is 5.74. The van der Waals surface area contributed by atoms with Crippen LogP contribution in [0.5, 0.6) is 0 Å². The number of urea groups is 1. The smallest absolute Gasteiger partial charge is 0.317 e. The summed E-state index contributed by atoms with van der Waals surface area (Å²) in [6.45, 7) is 7.04. The molecule has 2 aliphatic rings. The lowest BCUT2D eigenvalue weighted by Crippen LogP contribution is -2.54. The molecule has 1 aliphatic heterocycles. The first-order valence-electron chi connectivity index (χ1n) is 14.4. The third-order valence-electron chi connectivity index (χ3n) is 8.38. The molecule has 1 heterocycles. The number of benzene rings is 1. The van der Waals surface area contributed by atoms with Crippen molar-refractivity contribution in [1.82, 2.24) is 15.5 Å². The van der Waals surface area contributed by atoms with E-state index in [0.29, 0.717) is 25.5 Å². The summed E-state index contributed by atoms with van der Waals surface area (Å²) in [5, 5.41) is 18.9. The minimum atomic E-state index is -0.948. The number of aliphatic hydroxyl groups is 1. The Balaban J connectivity index is 1.71. The van der Waals surface area contributed by atoms with Gasteiger partial charge >= 0.3 is 6.03 Å². The van der Waals surface area contributed by atoms with Gasteiger partial charge in [0.15, 0.2) is 0 Å². The van der Waals surface area contributed by atoms with E-state index in [9.17, 15) is 9.90 Å². The number of unbranched alkanes of at least 4 members (excludes halogenated alkanes) is 1. The molecule has 0 aromatic heterocycles. The van der Waals surface area contributed by atoms with Gasteiger partial charge in [-0.1, -0.05) is 61.4 Å². The zero-order chi connectivity index (χ0) is 26.0. The molecule has 36 heavy (non-hydrogen) atoms. The second kappa shape index (κ2) is 14.3. The van der Waals surface area contributed by atoms with Crippen molar-refractivity contribution in [2.45, 2.75) is 96.1 Å². The number of hydrogen-bond acceptors (Lipinski definition) is 4. The number of piperidine rings is 1. The van der Waals surface area contributed by atoms with Crippen molar-refractivity contribution in [1.29, 1.82) is 0 Å². The van der Waals surface area contributed by atoms with Gasteiger partial charge in [-0.3, -0.25) is 0 Å². The molecule has 2 amide bonds. The topological polar surface area (TPSA) is 73.8 Å². The largest absolute Gasteiger partial charge is 0.385 e. The van der Waals surface area contributed by atoms with Gasteiger partial charge in [-0.15, -0.1) is 0 Å². The molecule has 3 atom stereocenters. The van der Waals surface area contributed by atoms with Crippen LogP contribution in [0.15, 0.2) is 18.2 Å². The molecule has 1 aromatic carbocycles. The van der Waals surface area contributed by atoms with Gasteiger partial charge in [0.25, 0.3) is 0 Å². The maximum Gasteiger partial charge on any atom is 0.317 e. The monoisotopic (exact) mass is 501 g/mol.